The van der Waals surface area contributed by atoms with E-state index in [2.05, 4.69) is 4.98 Å². The number of rotatable bonds is 2. The van der Waals surface area contributed by atoms with E-state index in [0.29, 0.717) is 0 Å². The van der Waals surface area contributed by atoms with Crippen LogP contribution in [0.2, 0.25) is 0 Å². The van der Waals surface area contributed by atoms with Crippen LogP contribution in [-0.2, 0) is 0 Å². The standard InChI is InChI=1S/C11H11N3O2/c1-7-5-14(6-13-7)8-2-3-10(12)9(4-8)11(15)16/h2-6H,12H2,1H3,(H,15,16). The van der Waals surface area contributed by atoms with E-state index in [-0.39, 0.29) is 11.3 Å². The van der Waals surface area contributed by atoms with Crippen LogP contribution in [0, 0.1) is 6.92 Å². The molecule has 0 saturated heterocycles. The highest BCUT2D eigenvalue weighted by atomic mass is 16.4. The molecular formula is C11H11N3O2. The van der Waals surface area contributed by atoms with Crippen molar-refractivity contribution in [3.05, 3.63) is 42.0 Å². The van der Waals surface area contributed by atoms with Gasteiger partial charge in [-0.2, -0.15) is 0 Å². The first-order valence-corrected chi connectivity index (χ1v) is 4.71. The summed E-state index contributed by atoms with van der Waals surface area (Å²) in [6, 6.07) is 4.86. The molecule has 0 fully saturated rings. The van der Waals surface area contributed by atoms with Gasteiger partial charge in [0.1, 0.15) is 0 Å². The number of carbonyl (C=O) groups is 1. The van der Waals surface area contributed by atoms with E-state index in [9.17, 15) is 4.79 Å². The number of imidazole rings is 1. The molecule has 0 bridgehead atoms. The molecule has 16 heavy (non-hydrogen) atoms. The molecule has 1 aromatic carbocycles. The highest BCUT2D eigenvalue weighted by Crippen LogP contribution is 2.17. The van der Waals surface area contributed by atoms with Gasteiger partial charge in [0.25, 0.3) is 0 Å². The predicted octanol–water partition coefficient (Wildman–Crippen LogP) is 1.46. The van der Waals surface area contributed by atoms with Crippen molar-refractivity contribution in [3.8, 4) is 5.69 Å². The van der Waals surface area contributed by atoms with Crippen LogP contribution in [-0.4, -0.2) is 20.6 Å². The van der Waals surface area contributed by atoms with Gasteiger partial charge in [0.2, 0.25) is 0 Å². The Morgan fingerprint density at radius 1 is 1.50 bits per heavy atom. The smallest absolute Gasteiger partial charge is 0.337 e. The zero-order valence-electron chi connectivity index (χ0n) is 8.71. The maximum absolute atomic E-state index is 10.9. The van der Waals surface area contributed by atoms with Crippen molar-refractivity contribution in [1.29, 1.82) is 0 Å². The molecule has 0 aliphatic heterocycles. The van der Waals surface area contributed by atoms with Crippen LogP contribution in [0.15, 0.2) is 30.7 Å². The first-order valence-electron chi connectivity index (χ1n) is 4.71. The number of nitrogens with two attached hydrogens (primary N) is 1. The van der Waals surface area contributed by atoms with Crippen LogP contribution in [0.1, 0.15) is 16.1 Å². The van der Waals surface area contributed by atoms with E-state index in [4.69, 9.17) is 10.8 Å². The van der Waals surface area contributed by atoms with Gasteiger partial charge in [-0.05, 0) is 25.1 Å². The van der Waals surface area contributed by atoms with Crippen LogP contribution < -0.4 is 5.73 Å². The van der Waals surface area contributed by atoms with Crippen LogP contribution in [0.3, 0.4) is 0 Å². The van der Waals surface area contributed by atoms with E-state index in [1.807, 2.05) is 13.1 Å². The number of hydrogen-bond donors (Lipinski definition) is 2. The summed E-state index contributed by atoms with van der Waals surface area (Å²) >= 11 is 0. The van der Waals surface area contributed by atoms with Gasteiger partial charge in [-0.1, -0.05) is 0 Å². The molecule has 5 heteroatoms. The van der Waals surface area contributed by atoms with Gasteiger partial charge in [-0.15, -0.1) is 0 Å². The summed E-state index contributed by atoms with van der Waals surface area (Å²) in [7, 11) is 0. The summed E-state index contributed by atoms with van der Waals surface area (Å²) in [6.45, 7) is 1.87. The monoisotopic (exact) mass is 217 g/mol. The molecule has 2 aromatic rings. The molecule has 0 atom stereocenters. The van der Waals surface area contributed by atoms with Gasteiger partial charge in [0.05, 0.1) is 17.6 Å². The number of nitrogen functional groups attached to an aromatic ring is 1. The summed E-state index contributed by atoms with van der Waals surface area (Å²) in [4.78, 5) is 15.0. The second-order valence-corrected chi connectivity index (χ2v) is 3.50. The number of aryl methyl sites for hydroxylation is 1. The summed E-state index contributed by atoms with van der Waals surface area (Å²) in [5.41, 5.74) is 7.52. The molecule has 0 aliphatic carbocycles. The van der Waals surface area contributed by atoms with Crippen LogP contribution >= 0.6 is 0 Å². The fourth-order valence-electron chi connectivity index (χ4n) is 1.45. The van der Waals surface area contributed by atoms with Gasteiger partial charge in [-0.25, -0.2) is 9.78 Å². The molecule has 0 radical (unpaired) electrons. The Hall–Kier alpha value is -2.30. The number of carboxylic acids is 1. The Bertz CT molecular complexity index is 546. The Kier molecular flexibility index (Phi) is 2.36. The van der Waals surface area contributed by atoms with Crippen molar-refractivity contribution in [1.82, 2.24) is 9.55 Å². The molecule has 3 N–H and O–H groups in total. The van der Waals surface area contributed by atoms with Crippen LogP contribution in [0.25, 0.3) is 5.69 Å². The maximum atomic E-state index is 10.9. The maximum Gasteiger partial charge on any atom is 0.337 e. The summed E-state index contributed by atoms with van der Waals surface area (Å²) < 4.78 is 1.75. The van der Waals surface area contributed by atoms with E-state index in [1.54, 1.807) is 23.0 Å². The van der Waals surface area contributed by atoms with E-state index in [1.165, 1.54) is 6.07 Å². The minimum atomic E-state index is -1.03. The third-order valence-corrected chi connectivity index (χ3v) is 2.28. The lowest BCUT2D eigenvalue weighted by Crippen LogP contribution is -2.03. The molecule has 0 aliphatic rings. The molecule has 1 heterocycles. The largest absolute Gasteiger partial charge is 0.478 e. The van der Waals surface area contributed by atoms with Crippen molar-refractivity contribution in [2.24, 2.45) is 0 Å². The molecule has 2 rings (SSSR count). The third-order valence-electron chi connectivity index (χ3n) is 2.28. The minimum Gasteiger partial charge on any atom is -0.478 e. The topological polar surface area (TPSA) is 81.1 Å². The van der Waals surface area contributed by atoms with Crippen molar-refractivity contribution in [2.75, 3.05) is 5.73 Å². The van der Waals surface area contributed by atoms with E-state index >= 15 is 0 Å². The van der Waals surface area contributed by atoms with Crippen LogP contribution in [0.5, 0.6) is 0 Å². The van der Waals surface area contributed by atoms with E-state index in [0.717, 1.165) is 11.4 Å². The normalized spacial score (nSPS) is 10.3. The third kappa shape index (κ3) is 1.75. The fourth-order valence-corrected chi connectivity index (χ4v) is 1.45. The number of anilines is 1. The van der Waals surface area contributed by atoms with Crippen molar-refractivity contribution in [2.45, 2.75) is 6.92 Å². The Morgan fingerprint density at radius 2 is 2.25 bits per heavy atom. The molecule has 0 saturated carbocycles. The van der Waals surface area contributed by atoms with Crippen molar-refractivity contribution >= 4 is 11.7 Å². The number of aromatic carboxylic acids is 1. The Balaban J connectivity index is 2.51. The highest BCUT2D eigenvalue weighted by molar-refractivity contribution is 5.94. The highest BCUT2D eigenvalue weighted by Gasteiger charge is 2.09. The molecule has 5 nitrogen and oxygen atoms in total. The van der Waals surface area contributed by atoms with Gasteiger partial charge >= 0.3 is 5.97 Å². The first kappa shape index (κ1) is 10.2. The van der Waals surface area contributed by atoms with Gasteiger partial charge in [-0.3, -0.25) is 0 Å². The van der Waals surface area contributed by atoms with Gasteiger partial charge in [0, 0.05) is 17.6 Å². The molecule has 0 amide bonds. The second-order valence-electron chi connectivity index (χ2n) is 3.50. The molecule has 0 spiro atoms. The molecule has 1 aromatic heterocycles. The SMILES string of the molecule is Cc1cn(-c2ccc(N)c(C(=O)O)c2)cn1. The summed E-state index contributed by atoms with van der Waals surface area (Å²) in [5.74, 6) is -1.03. The lowest BCUT2D eigenvalue weighted by atomic mass is 10.1. The summed E-state index contributed by atoms with van der Waals surface area (Å²) in [6.07, 6.45) is 3.45. The first-order chi connectivity index (χ1) is 7.58. The lowest BCUT2D eigenvalue weighted by molar-refractivity contribution is 0.0698. The molecular weight excluding hydrogens is 206 g/mol. The zero-order chi connectivity index (χ0) is 11.7. The molecule has 0 unspecified atom stereocenters. The average Bonchev–Trinajstić information content (AvgIpc) is 2.65. The number of benzene rings is 1. The lowest BCUT2D eigenvalue weighted by Gasteiger charge is -2.05. The Morgan fingerprint density at radius 3 is 2.81 bits per heavy atom. The van der Waals surface area contributed by atoms with Crippen molar-refractivity contribution < 1.29 is 9.90 Å². The second kappa shape index (κ2) is 3.69. The Labute approximate surface area is 92.2 Å². The number of hydrogen-bond acceptors (Lipinski definition) is 3. The minimum absolute atomic E-state index is 0.101. The zero-order valence-corrected chi connectivity index (χ0v) is 8.71. The van der Waals surface area contributed by atoms with Gasteiger partial charge in [0.15, 0.2) is 0 Å². The quantitative estimate of drug-likeness (QED) is 0.746. The average molecular weight is 217 g/mol. The van der Waals surface area contributed by atoms with E-state index < -0.39 is 5.97 Å². The van der Waals surface area contributed by atoms with Crippen molar-refractivity contribution in [3.63, 3.8) is 0 Å². The predicted molar refractivity (Wildman–Crippen MR) is 59.7 cm³/mol. The number of aromatic nitrogens is 2. The van der Waals surface area contributed by atoms with Crippen LogP contribution in [0.4, 0.5) is 5.69 Å². The number of nitrogens with zero attached hydrogens (tertiary/aromatic N) is 2. The number of carboxylic acid groups (broad SMARTS) is 1. The van der Waals surface area contributed by atoms with Gasteiger partial charge < -0.3 is 15.4 Å². The summed E-state index contributed by atoms with van der Waals surface area (Å²) in [5, 5.41) is 8.94. The fraction of sp³-hybridized carbons (Fsp3) is 0.0909. The molecule has 82 valence electrons.